The summed E-state index contributed by atoms with van der Waals surface area (Å²) in [7, 11) is 3.06. The smallest absolute Gasteiger partial charge is 0.264 e. The van der Waals surface area contributed by atoms with Gasteiger partial charge < -0.3 is 19.9 Å². The van der Waals surface area contributed by atoms with E-state index < -0.39 is 0 Å². The Balaban J connectivity index is 1.89. The fourth-order valence-corrected chi connectivity index (χ4v) is 3.94. The number of hydrogen-bond donors (Lipinski definition) is 2. The van der Waals surface area contributed by atoms with Gasteiger partial charge in [-0.25, -0.2) is 4.99 Å². The summed E-state index contributed by atoms with van der Waals surface area (Å²) >= 11 is 7.95. The Morgan fingerprint density at radius 1 is 1.15 bits per heavy atom. The molecule has 0 radical (unpaired) electrons. The van der Waals surface area contributed by atoms with E-state index in [4.69, 9.17) is 9.47 Å². The number of amidine groups is 1. The van der Waals surface area contributed by atoms with Crippen molar-refractivity contribution in [3.63, 3.8) is 0 Å². The van der Waals surface area contributed by atoms with E-state index in [9.17, 15) is 9.90 Å². The molecule has 2 aromatic carbocycles. The van der Waals surface area contributed by atoms with E-state index in [2.05, 4.69) is 42.2 Å². The van der Waals surface area contributed by atoms with Crippen molar-refractivity contribution in [2.24, 2.45) is 4.99 Å². The standard InChI is InChI=1S/C18H14Br2N2O4S/c1-25-11-5-3-10(4-6-11)21-18-22-17(24)13(27-18)8-9-7-12(26-2)16(23)15(20)14(9)19/h3-8,23H,1-2H3,(H,21,22,24). The minimum absolute atomic E-state index is 0.0168. The molecule has 1 fully saturated rings. The van der Waals surface area contributed by atoms with Gasteiger partial charge in [0.25, 0.3) is 5.91 Å². The second kappa shape index (κ2) is 8.37. The van der Waals surface area contributed by atoms with Crippen molar-refractivity contribution in [3.05, 3.63) is 49.7 Å². The number of rotatable bonds is 4. The molecule has 1 aliphatic rings. The van der Waals surface area contributed by atoms with E-state index in [1.807, 2.05) is 0 Å². The van der Waals surface area contributed by atoms with Gasteiger partial charge in [-0.15, -0.1) is 0 Å². The molecule has 27 heavy (non-hydrogen) atoms. The van der Waals surface area contributed by atoms with E-state index in [0.717, 1.165) is 5.75 Å². The second-order valence-electron chi connectivity index (χ2n) is 5.32. The molecule has 1 amide bonds. The Hall–Kier alpha value is -1.97. The molecule has 6 nitrogen and oxygen atoms in total. The third-order valence-electron chi connectivity index (χ3n) is 3.63. The highest BCUT2D eigenvalue weighted by Gasteiger charge is 2.25. The van der Waals surface area contributed by atoms with Gasteiger partial charge in [-0.1, -0.05) is 0 Å². The lowest BCUT2D eigenvalue weighted by Crippen LogP contribution is -2.19. The van der Waals surface area contributed by atoms with Gasteiger partial charge >= 0.3 is 0 Å². The van der Waals surface area contributed by atoms with E-state index >= 15 is 0 Å². The zero-order valence-electron chi connectivity index (χ0n) is 14.2. The summed E-state index contributed by atoms with van der Waals surface area (Å²) in [6.07, 6.45) is 1.70. The van der Waals surface area contributed by atoms with Gasteiger partial charge in [-0.2, -0.15) is 0 Å². The van der Waals surface area contributed by atoms with Crippen LogP contribution in [-0.2, 0) is 4.79 Å². The van der Waals surface area contributed by atoms with E-state index in [-0.39, 0.29) is 11.7 Å². The number of methoxy groups -OCH3 is 2. The van der Waals surface area contributed by atoms with Crippen LogP contribution in [0.2, 0.25) is 0 Å². The molecule has 2 aromatic rings. The molecule has 0 aliphatic carbocycles. The number of nitrogens with zero attached hydrogens (tertiary/aromatic N) is 1. The van der Waals surface area contributed by atoms with Crippen LogP contribution in [0.15, 0.2) is 49.2 Å². The summed E-state index contributed by atoms with van der Waals surface area (Å²) in [5.41, 5.74) is 1.38. The van der Waals surface area contributed by atoms with Crippen LogP contribution in [0.25, 0.3) is 6.08 Å². The van der Waals surface area contributed by atoms with Crippen molar-refractivity contribution in [2.75, 3.05) is 14.2 Å². The Morgan fingerprint density at radius 2 is 1.85 bits per heavy atom. The Labute approximate surface area is 176 Å². The van der Waals surface area contributed by atoms with Crippen molar-refractivity contribution in [1.29, 1.82) is 0 Å². The highest BCUT2D eigenvalue weighted by molar-refractivity contribution is 9.13. The number of thioether (sulfide) groups is 1. The minimum Gasteiger partial charge on any atom is -0.503 e. The number of ether oxygens (including phenoxy) is 2. The monoisotopic (exact) mass is 512 g/mol. The summed E-state index contributed by atoms with van der Waals surface area (Å²) in [5.74, 6) is 0.769. The maximum atomic E-state index is 12.3. The predicted molar refractivity (Wildman–Crippen MR) is 114 cm³/mol. The van der Waals surface area contributed by atoms with E-state index in [1.165, 1.54) is 18.9 Å². The maximum Gasteiger partial charge on any atom is 0.264 e. The number of nitrogens with one attached hydrogen (secondary N) is 1. The third kappa shape index (κ3) is 4.31. The number of halogens is 2. The molecule has 2 N–H and O–H groups in total. The number of aliphatic imine (C=N–C) groups is 1. The number of phenols is 1. The van der Waals surface area contributed by atoms with Gasteiger partial charge in [0.05, 0.1) is 29.3 Å². The fourth-order valence-electron chi connectivity index (χ4n) is 2.27. The summed E-state index contributed by atoms with van der Waals surface area (Å²) < 4.78 is 11.3. The first-order valence-corrected chi connectivity index (χ1v) is 10.0. The van der Waals surface area contributed by atoms with Crippen LogP contribution >= 0.6 is 43.6 Å². The average molecular weight is 514 g/mol. The molecule has 0 unspecified atom stereocenters. The average Bonchev–Trinajstić information content (AvgIpc) is 3.01. The molecule has 0 spiro atoms. The number of benzene rings is 2. The van der Waals surface area contributed by atoms with Crippen molar-refractivity contribution in [1.82, 2.24) is 5.32 Å². The van der Waals surface area contributed by atoms with Gasteiger partial charge in [0.2, 0.25) is 0 Å². The predicted octanol–water partition coefficient (Wildman–Crippen LogP) is 4.83. The van der Waals surface area contributed by atoms with Gasteiger partial charge in [0.15, 0.2) is 16.7 Å². The number of carbonyl (C=O) groups is 1. The number of carbonyl (C=O) groups excluding carboxylic acids is 1. The first-order valence-electron chi connectivity index (χ1n) is 7.61. The highest BCUT2D eigenvalue weighted by atomic mass is 79.9. The van der Waals surface area contributed by atoms with Crippen LogP contribution in [0.1, 0.15) is 5.56 Å². The summed E-state index contributed by atoms with van der Waals surface area (Å²) in [5, 5.41) is 13.2. The highest BCUT2D eigenvalue weighted by Crippen LogP contribution is 2.43. The molecule has 140 valence electrons. The molecular formula is C18H14Br2N2O4S. The first kappa shape index (κ1) is 19.8. The van der Waals surface area contributed by atoms with Gasteiger partial charge in [-0.05, 0) is 85.6 Å². The van der Waals surface area contributed by atoms with Crippen molar-refractivity contribution >= 4 is 66.5 Å². The largest absolute Gasteiger partial charge is 0.503 e. The van der Waals surface area contributed by atoms with Crippen LogP contribution in [-0.4, -0.2) is 30.4 Å². The second-order valence-corrected chi connectivity index (χ2v) is 7.94. The normalized spacial score (nSPS) is 16.7. The van der Waals surface area contributed by atoms with Gasteiger partial charge in [0, 0.05) is 4.47 Å². The Morgan fingerprint density at radius 3 is 2.48 bits per heavy atom. The molecule has 1 aliphatic heterocycles. The number of phenolic OH excluding ortho intramolecular Hbond substituents is 1. The van der Waals surface area contributed by atoms with Crippen LogP contribution in [0.4, 0.5) is 5.69 Å². The molecule has 3 rings (SSSR count). The van der Waals surface area contributed by atoms with Crippen LogP contribution in [0.3, 0.4) is 0 Å². The minimum atomic E-state index is -0.248. The number of aromatic hydroxyl groups is 1. The lowest BCUT2D eigenvalue weighted by atomic mass is 10.2. The third-order valence-corrected chi connectivity index (χ3v) is 6.70. The fraction of sp³-hybridized carbons (Fsp3) is 0.111. The molecule has 9 heteroatoms. The van der Waals surface area contributed by atoms with Crippen LogP contribution < -0.4 is 14.8 Å². The zero-order valence-corrected chi connectivity index (χ0v) is 18.2. The van der Waals surface area contributed by atoms with Crippen molar-refractivity contribution in [2.45, 2.75) is 0 Å². The first-order chi connectivity index (χ1) is 12.9. The number of hydrogen-bond acceptors (Lipinski definition) is 6. The van der Waals surface area contributed by atoms with Gasteiger partial charge in [-0.3, -0.25) is 4.79 Å². The molecule has 1 saturated heterocycles. The zero-order chi connectivity index (χ0) is 19.6. The lowest BCUT2D eigenvalue weighted by Gasteiger charge is -2.10. The SMILES string of the molecule is COc1ccc(N=C2NC(=O)C(=Cc3cc(OC)c(O)c(Br)c3Br)S2)cc1. The molecule has 0 bridgehead atoms. The lowest BCUT2D eigenvalue weighted by molar-refractivity contribution is -0.115. The summed E-state index contributed by atoms with van der Waals surface area (Å²) in [6, 6.07) is 8.85. The quantitative estimate of drug-likeness (QED) is 0.572. The van der Waals surface area contributed by atoms with E-state index in [1.54, 1.807) is 43.5 Å². The molecule has 0 aromatic heterocycles. The molecule has 0 atom stereocenters. The summed E-state index contributed by atoms with van der Waals surface area (Å²) in [4.78, 5) is 17.2. The molecule has 1 heterocycles. The van der Waals surface area contributed by atoms with Gasteiger partial charge in [0.1, 0.15) is 5.75 Å². The molecule has 0 saturated carbocycles. The van der Waals surface area contributed by atoms with Crippen molar-refractivity contribution in [3.8, 4) is 17.2 Å². The van der Waals surface area contributed by atoms with E-state index in [0.29, 0.717) is 36.0 Å². The Kier molecular flexibility index (Phi) is 6.13. The number of amides is 1. The Bertz CT molecular complexity index is 959. The van der Waals surface area contributed by atoms with Crippen LogP contribution in [0, 0.1) is 0 Å². The van der Waals surface area contributed by atoms with Crippen molar-refractivity contribution < 1.29 is 19.4 Å². The molecular weight excluding hydrogens is 500 g/mol. The summed E-state index contributed by atoms with van der Waals surface area (Å²) in [6.45, 7) is 0. The maximum absolute atomic E-state index is 12.3. The van der Waals surface area contributed by atoms with Crippen LogP contribution in [0.5, 0.6) is 17.2 Å². The topological polar surface area (TPSA) is 80.2 Å².